The molecule has 4 N–H and O–H groups in total. The van der Waals surface area contributed by atoms with Crippen molar-refractivity contribution in [1.82, 2.24) is 0 Å². The molecule has 4 nitrogen and oxygen atoms in total. The van der Waals surface area contributed by atoms with Crippen LogP contribution in [0.1, 0.15) is 94.9 Å². The summed E-state index contributed by atoms with van der Waals surface area (Å²) in [7, 11) is 0. The Kier molecular flexibility index (Phi) is 13.4. The molecule has 0 saturated heterocycles. The Morgan fingerprint density at radius 1 is 0.500 bits per heavy atom. The van der Waals surface area contributed by atoms with Crippen LogP contribution in [-0.2, 0) is 0 Å². The predicted octanol–water partition coefficient (Wildman–Crippen LogP) is 8.65. The Morgan fingerprint density at radius 2 is 0.795 bits per heavy atom. The fourth-order valence-electron chi connectivity index (χ4n) is 6.66. The van der Waals surface area contributed by atoms with E-state index in [4.69, 9.17) is 0 Å². The summed E-state index contributed by atoms with van der Waals surface area (Å²) in [5.41, 5.74) is 2.04. The minimum absolute atomic E-state index is 0.0710. The van der Waals surface area contributed by atoms with Crippen LogP contribution in [0.4, 0.5) is 0 Å². The van der Waals surface area contributed by atoms with Crippen molar-refractivity contribution in [1.29, 1.82) is 0 Å². The molecule has 0 heterocycles. The molecule has 0 spiro atoms. The standard InChI is InChI=1S/C40H60O4/c1-29(17-13-19-31(3)21-23-33-37(5,6)27-25-35(41)39(33,9)43)15-11-12-16-30(2)18-14-20-32(4)22-24-34-38(7,8)28-26-36(42)40(34,10)44/h11-24,33-36,41-44H,25-28H2,1-10H3/b12-11+,17-13+,18-14+,23-21+,24-22+,29-15+,30-16+,31-19+,32-20+/t33-,34-,35-,36-,39-,40-/m1/s1. The van der Waals surface area contributed by atoms with Crippen molar-refractivity contribution in [3.05, 3.63) is 107 Å². The summed E-state index contributed by atoms with van der Waals surface area (Å²) >= 11 is 0. The number of aliphatic hydroxyl groups is 4. The first-order valence-electron chi connectivity index (χ1n) is 16.2. The van der Waals surface area contributed by atoms with E-state index in [1.165, 1.54) is 0 Å². The molecule has 2 fully saturated rings. The second kappa shape index (κ2) is 15.7. The first-order chi connectivity index (χ1) is 20.3. The highest BCUT2D eigenvalue weighted by Crippen LogP contribution is 2.48. The second-order valence-electron chi connectivity index (χ2n) is 15.0. The normalized spacial score (nSPS) is 34.4. The monoisotopic (exact) mass is 604 g/mol. The Morgan fingerprint density at radius 3 is 1.14 bits per heavy atom. The van der Waals surface area contributed by atoms with Gasteiger partial charge in [0.1, 0.15) is 0 Å². The number of hydrogen-bond acceptors (Lipinski definition) is 4. The molecule has 0 amide bonds. The quantitative estimate of drug-likeness (QED) is 0.188. The van der Waals surface area contributed by atoms with Gasteiger partial charge in [-0.05, 0) is 78.1 Å². The van der Waals surface area contributed by atoms with Gasteiger partial charge in [0, 0.05) is 11.8 Å². The van der Waals surface area contributed by atoms with Gasteiger partial charge in [0.05, 0.1) is 23.4 Å². The molecule has 0 radical (unpaired) electrons. The van der Waals surface area contributed by atoms with Crippen LogP contribution in [0.25, 0.3) is 0 Å². The lowest BCUT2D eigenvalue weighted by Crippen LogP contribution is -2.54. The topological polar surface area (TPSA) is 80.9 Å². The van der Waals surface area contributed by atoms with Gasteiger partial charge in [-0.3, -0.25) is 0 Å². The van der Waals surface area contributed by atoms with Crippen LogP contribution in [0.2, 0.25) is 0 Å². The summed E-state index contributed by atoms with van der Waals surface area (Å²) in [6.07, 6.45) is 30.3. The maximum atomic E-state index is 10.9. The largest absolute Gasteiger partial charge is 0.390 e. The number of hydrogen-bond donors (Lipinski definition) is 4. The lowest BCUT2D eigenvalue weighted by molar-refractivity contribution is -0.147. The Bertz CT molecular complexity index is 1140. The van der Waals surface area contributed by atoms with Crippen molar-refractivity contribution in [3.8, 4) is 0 Å². The lowest BCUT2D eigenvalue weighted by Gasteiger charge is -2.49. The van der Waals surface area contributed by atoms with E-state index in [-0.39, 0.29) is 22.7 Å². The fourth-order valence-corrected chi connectivity index (χ4v) is 6.66. The van der Waals surface area contributed by atoms with Gasteiger partial charge in [0.25, 0.3) is 0 Å². The molecule has 0 aromatic rings. The second-order valence-corrected chi connectivity index (χ2v) is 15.0. The van der Waals surface area contributed by atoms with Crippen LogP contribution in [-0.4, -0.2) is 43.8 Å². The van der Waals surface area contributed by atoms with Crippen molar-refractivity contribution < 1.29 is 20.4 Å². The van der Waals surface area contributed by atoms with Gasteiger partial charge in [0.2, 0.25) is 0 Å². The molecular formula is C40H60O4. The van der Waals surface area contributed by atoms with Gasteiger partial charge in [0.15, 0.2) is 0 Å². The van der Waals surface area contributed by atoms with E-state index in [1.807, 2.05) is 50.3 Å². The van der Waals surface area contributed by atoms with E-state index in [0.29, 0.717) is 12.8 Å². The third-order valence-corrected chi connectivity index (χ3v) is 9.79. The molecular weight excluding hydrogens is 544 g/mol. The summed E-state index contributed by atoms with van der Waals surface area (Å²) < 4.78 is 0. The smallest absolute Gasteiger partial charge is 0.0944 e. The first-order valence-corrected chi connectivity index (χ1v) is 16.2. The van der Waals surface area contributed by atoms with E-state index < -0.39 is 23.4 Å². The molecule has 244 valence electrons. The molecule has 0 aliphatic heterocycles. The van der Waals surface area contributed by atoms with Crippen LogP contribution < -0.4 is 0 Å². The van der Waals surface area contributed by atoms with E-state index in [2.05, 4.69) is 90.2 Å². The van der Waals surface area contributed by atoms with E-state index in [9.17, 15) is 20.4 Å². The zero-order valence-electron chi connectivity index (χ0n) is 29.0. The highest BCUT2D eigenvalue weighted by Gasteiger charge is 2.50. The number of aliphatic hydroxyl groups excluding tert-OH is 2. The van der Waals surface area contributed by atoms with E-state index in [1.54, 1.807) is 13.8 Å². The molecule has 0 bridgehead atoms. The van der Waals surface area contributed by atoms with Gasteiger partial charge in [-0.25, -0.2) is 0 Å². The van der Waals surface area contributed by atoms with Gasteiger partial charge >= 0.3 is 0 Å². The van der Waals surface area contributed by atoms with Crippen molar-refractivity contribution >= 4 is 0 Å². The summed E-state index contributed by atoms with van der Waals surface area (Å²) in [6.45, 7) is 20.4. The number of rotatable bonds is 10. The van der Waals surface area contributed by atoms with Crippen molar-refractivity contribution in [2.45, 2.75) is 118 Å². The highest BCUT2D eigenvalue weighted by molar-refractivity contribution is 5.32. The average molecular weight is 605 g/mol. The minimum atomic E-state index is -1.13. The van der Waals surface area contributed by atoms with Crippen molar-refractivity contribution in [3.63, 3.8) is 0 Å². The molecule has 2 aliphatic rings. The number of allylic oxidation sites excluding steroid dienone is 16. The van der Waals surface area contributed by atoms with Crippen LogP contribution in [0.5, 0.6) is 0 Å². The SMILES string of the molecule is CC(/C=C/C=C(C)/C=C/[C@@H]1C(C)(C)CC[C@@H](O)[C@]1(C)O)=C\C=C\C=C(C)\C=C\C=C(C)\C=C\[C@@H]1C(C)(C)CC[C@@H](O)[C@]1(C)O. The van der Waals surface area contributed by atoms with Gasteiger partial charge in [-0.2, -0.15) is 0 Å². The molecule has 2 saturated carbocycles. The van der Waals surface area contributed by atoms with Crippen LogP contribution >= 0.6 is 0 Å². The zero-order chi connectivity index (χ0) is 33.3. The molecule has 0 aromatic heterocycles. The molecule has 0 unspecified atom stereocenters. The van der Waals surface area contributed by atoms with Crippen molar-refractivity contribution in [2.24, 2.45) is 22.7 Å². The van der Waals surface area contributed by atoms with Crippen molar-refractivity contribution in [2.75, 3.05) is 0 Å². The summed E-state index contributed by atoms with van der Waals surface area (Å²) in [4.78, 5) is 0. The summed E-state index contributed by atoms with van der Waals surface area (Å²) in [6, 6.07) is 0. The first kappa shape index (κ1) is 37.7. The molecule has 2 rings (SSSR count). The Balaban J connectivity index is 1.92. The Hall–Kier alpha value is -2.50. The summed E-state index contributed by atoms with van der Waals surface area (Å²) in [5, 5.41) is 42.5. The molecule has 2 aliphatic carbocycles. The van der Waals surface area contributed by atoms with E-state index in [0.717, 1.165) is 35.1 Å². The lowest BCUT2D eigenvalue weighted by atomic mass is 9.60. The fraction of sp³-hybridized carbons (Fsp3) is 0.550. The molecule has 4 heteroatoms. The summed E-state index contributed by atoms with van der Waals surface area (Å²) in [5.74, 6) is -0.232. The maximum absolute atomic E-state index is 10.9. The third-order valence-electron chi connectivity index (χ3n) is 9.79. The zero-order valence-corrected chi connectivity index (χ0v) is 29.0. The van der Waals surface area contributed by atoms with E-state index >= 15 is 0 Å². The highest BCUT2D eigenvalue weighted by atomic mass is 16.3. The van der Waals surface area contributed by atoms with Gasteiger partial charge in [-0.15, -0.1) is 0 Å². The third kappa shape index (κ3) is 10.5. The molecule has 44 heavy (non-hydrogen) atoms. The predicted molar refractivity (Wildman–Crippen MR) is 187 cm³/mol. The molecule has 0 aromatic carbocycles. The van der Waals surface area contributed by atoms with Gasteiger partial charge in [-0.1, -0.05) is 135 Å². The maximum Gasteiger partial charge on any atom is 0.0944 e. The van der Waals surface area contributed by atoms with Crippen LogP contribution in [0.15, 0.2) is 107 Å². The van der Waals surface area contributed by atoms with Crippen LogP contribution in [0.3, 0.4) is 0 Å². The molecule has 6 atom stereocenters. The average Bonchev–Trinajstić information content (AvgIpc) is 2.91. The minimum Gasteiger partial charge on any atom is -0.390 e. The van der Waals surface area contributed by atoms with Gasteiger partial charge < -0.3 is 20.4 Å². The van der Waals surface area contributed by atoms with Crippen LogP contribution in [0, 0.1) is 22.7 Å². The Labute approximate surface area is 268 Å².